The number of nitrogens with zero attached hydrogens (tertiary/aromatic N) is 2. The molecule has 28 heavy (non-hydrogen) atoms. The van der Waals surface area contributed by atoms with Gasteiger partial charge in [0.1, 0.15) is 6.04 Å². The molecule has 1 aromatic rings. The van der Waals surface area contributed by atoms with E-state index < -0.39 is 6.04 Å². The van der Waals surface area contributed by atoms with Crippen LogP contribution < -0.4 is 10.6 Å². The minimum atomic E-state index is -0.502. The molecule has 2 rings (SSSR count). The van der Waals surface area contributed by atoms with Gasteiger partial charge >= 0.3 is 0 Å². The second-order valence-corrected chi connectivity index (χ2v) is 7.58. The lowest BCUT2D eigenvalue weighted by atomic mass is 10.0. The largest absolute Gasteiger partial charge is 0.344 e. The van der Waals surface area contributed by atoms with Gasteiger partial charge in [0.15, 0.2) is 0 Å². The first-order valence-corrected chi connectivity index (χ1v) is 9.97. The number of piperazine rings is 1. The van der Waals surface area contributed by atoms with E-state index in [4.69, 9.17) is 0 Å². The minimum Gasteiger partial charge on any atom is -0.344 e. The highest BCUT2D eigenvalue weighted by molar-refractivity contribution is 5.93. The molecule has 0 saturated carbocycles. The van der Waals surface area contributed by atoms with E-state index in [1.807, 2.05) is 38.1 Å². The summed E-state index contributed by atoms with van der Waals surface area (Å²) in [5.41, 5.74) is 1.97. The molecule has 1 unspecified atom stereocenters. The van der Waals surface area contributed by atoms with Gasteiger partial charge in [0, 0.05) is 38.8 Å². The molecular formula is C21H32N4O3. The third-order valence-electron chi connectivity index (χ3n) is 5.02. The van der Waals surface area contributed by atoms with E-state index in [0.717, 1.165) is 17.7 Å². The number of hydrogen-bond acceptors (Lipinski definition) is 4. The number of rotatable bonds is 7. The molecule has 2 N–H and O–H groups in total. The van der Waals surface area contributed by atoms with Crippen molar-refractivity contribution in [2.24, 2.45) is 5.92 Å². The number of amides is 3. The number of nitrogens with one attached hydrogen (secondary N) is 2. The summed E-state index contributed by atoms with van der Waals surface area (Å²) in [6.07, 6.45) is 0.864. The predicted octanol–water partition coefficient (Wildman–Crippen LogP) is 1.49. The molecule has 7 nitrogen and oxygen atoms in total. The van der Waals surface area contributed by atoms with Crippen molar-refractivity contribution in [3.8, 4) is 0 Å². The van der Waals surface area contributed by atoms with E-state index in [1.165, 1.54) is 6.92 Å². The molecule has 1 saturated heterocycles. The maximum atomic E-state index is 12.7. The zero-order valence-electron chi connectivity index (χ0n) is 17.3. The monoisotopic (exact) mass is 388 g/mol. The fourth-order valence-electron chi connectivity index (χ4n) is 3.40. The van der Waals surface area contributed by atoms with Gasteiger partial charge < -0.3 is 15.5 Å². The van der Waals surface area contributed by atoms with Crippen molar-refractivity contribution in [2.75, 3.05) is 38.0 Å². The summed E-state index contributed by atoms with van der Waals surface area (Å²) < 4.78 is 0. The fourth-order valence-corrected chi connectivity index (χ4v) is 3.40. The summed E-state index contributed by atoms with van der Waals surface area (Å²) in [7, 11) is 0. The zero-order valence-corrected chi connectivity index (χ0v) is 17.3. The Bertz CT molecular complexity index is 697. The standard InChI is InChI=1S/C21H32N4O3/c1-5-17-8-6-7-9-18(17)23-19(27)14-24-10-12-25(13-11-24)21(28)20(15(2)3)22-16(4)26/h6-9,15,20H,5,10-14H2,1-4H3,(H,22,26)(H,23,27). The van der Waals surface area contributed by atoms with E-state index in [-0.39, 0.29) is 23.6 Å². The highest BCUT2D eigenvalue weighted by atomic mass is 16.2. The van der Waals surface area contributed by atoms with Gasteiger partial charge in [-0.25, -0.2) is 0 Å². The molecule has 1 aliphatic rings. The number of benzene rings is 1. The first kappa shape index (κ1) is 21.9. The number of hydrogen-bond donors (Lipinski definition) is 2. The van der Waals surface area contributed by atoms with E-state index in [2.05, 4.69) is 22.5 Å². The van der Waals surface area contributed by atoms with E-state index in [1.54, 1.807) is 4.90 Å². The van der Waals surface area contributed by atoms with Gasteiger partial charge in [-0.2, -0.15) is 0 Å². The van der Waals surface area contributed by atoms with Crippen LogP contribution in [0.5, 0.6) is 0 Å². The van der Waals surface area contributed by atoms with E-state index in [9.17, 15) is 14.4 Å². The zero-order chi connectivity index (χ0) is 20.7. The van der Waals surface area contributed by atoms with Crippen LogP contribution in [0.4, 0.5) is 5.69 Å². The Morgan fingerprint density at radius 3 is 2.29 bits per heavy atom. The fraction of sp³-hybridized carbons (Fsp3) is 0.571. The molecule has 154 valence electrons. The number of para-hydroxylation sites is 1. The number of carbonyl (C=O) groups is 3. The molecule has 0 bridgehead atoms. The quantitative estimate of drug-likeness (QED) is 0.742. The summed E-state index contributed by atoms with van der Waals surface area (Å²) in [5, 5.41) is 5.74. The number of aryl methyl sites for hydroxylation is 1. The van der Waals surface area contributed by atoms with Crippen LogP contribution in [-0.2, 0) is 20.8 Å². The molecule has 1 heterocycles. The Hall–Kier alpha value is -2.41. The van der Waals surface area contributed by atoms with Crippen LogP contribution in [0.3, 0.4) is 0 Å². The highest BCUT2D eigenvalue weighted by Crippen LogP contribution is 2.15. The lowest BCUT2D eigenvalue weighted by Gasteiger charge is -2.37. The Labute approximate surface area is 167 Å². The van der Waals surface area contributed by atoms with Crippen molar-refractivity contribution in [1.29, 1.82) is 0 Å². The predicted molar refractivity (Wildman–Crippen MR) is 110 cm³/mol. The normalized spacial score (nSPS) is 16.0. The maximum absolute atomic E-state index is 12.7. The smallest absolute Gasteiger partial charge is 0.245 e. The van der Waals surface area contributed by atoms with Crippen LogP contribution in [0.2, 0.25) is 0 Å². The molecule has 0 radical (unpaired) electrons. The second-order valence-electron chi connectivity index (χ2n) is 7.58. The van der Waals surface area contributed by atoms with E-state index in [0.29, 0.717) is 32.7 Å². The van der Waals surface area contributed by atoms with Crippen molar-refractivity contribution in [2.45, 2.75) is 40.2 Å². The molecule has 0 aromatic heterocycles. The Balaban J connectivity index is 1.85. The van der Waals surface area contributed by atoms with Gasteiger partial charge in [-0.05, 0) is 24.0 Å². The van der Waals surface area contributed by atoms with E-state index >= 15 is 0 Å². The van der Waals surface area contributed by atoms with Crippen LogP contribution in [-0.4, -0.2) is 66.3 Å². The van der Waals surface area contributed by atoms with Crippen LogP contribution in [0.15, 0.2) is 24.3 Å². The van der Waals surface area contributed by atoms with Gasteiger partial charge in [0.25, 0.3) is 0 Å². The Kier molecular flexibility index (Phi) is 7.99. The molecule has 0 spiro atoms. The molecule has 1 aromatic carbocycles. The highest BCUT2D eigenvalue weighted by Gasteiger charge is 2.30. The van der Waals surface area contributed by atoms with Crippen molar-refractivity contribution < 1.29 is 14.4 Å². The number of anilines is 1. The van der Waals surface area contributed by atoms with Gasteiger partial charge in [0.2, 0.25) is 17.7 Å². The summed E-state index contributed by atoms with van der Waals surface area (Å²) >= 11 is 0. The van der Waals surface area contributed by atoms with Crippen molar-refractivity contribution in [1.82, 2.24) is 15.1 Å². The average Bonchev–Trinajstić information content (AvgIpc) is 2.66. The second kappa shape index (κ2) is 10.2. The van der Waals surface area contributed by atoms with Crippen molar-refractivity contribution in [3.63, 3.8) is 0 Å². The third-order valence-corrected chi connectivity index (χ3v) is 5.02. The minimum absolute atomic E-state index is 0.0267. The molecular weight excluding hydrogens is 356 g/mol. The van der Waals surface area contributed by atoms with Gasteiger partial charge in [0.05, 0.1) is 6.54 Å². The molecule has 1 fully saturated rings. The van der Waals surface area contributed by atoms with Crippen LogP contribution in [0.1, 0.15) is 33.3 Å². The SMILES string of the molecule is CCc1ccccc1NC(=O)CN1CCN(C(=O)C(NC(C)=O)C(C)C)CC1. The maximum Gasteiger partial charge on any atom is 0.245 e. The third kappa shape index (κ3) is 6.05. The molecule has 1 atom stereocenters. The Morgan fingerprint density at radius 2 is 1.71 bits per heavy atom. The first-order valence-electron chi connectivity index (χ1n) is 9.97. The van der Waals surface area contributed by atoms with Gasteiger partial charge in [-0.3, -0.25) is 19.3 Å². The summed E-state index contributed by atoms with van der Waals surface area (Å²) in [5.74, 6) is -0.265. The molecule has 7 heteroatoms. The van der Waals surface area contributed by atoms with Gasteiger partial charge in [-0.1, -0.05) is 39.0 Å². The lowest BCUT2D eigenvalue weighted by Crippen LogP contribution is -2.56. The van der Waals surface area contributed by atoms with Crippen LogP contribution in [0, 0.1) is 5.92 Å². The van der Waals surface area contributed by atoms with Crippen LogP contribution in [0.25, 0.3) is 0 Å². The summed E-state index contributed by atoms with van der Waals surface area (Å²) in [6.45, 7) is 10.0. The lowest BCUT2D eigenvalue weighted by molar-refractivity contribution is -0.139. The number of carbonyl (C=O) groups excluding carboxylic acids is 3. The molecule has 3 amide bonds. The topological polar surface area (TPSA) is 81.8 Å². The van der Waals surface area contributed by atoms with Crippen molar-refractivity contribution >= 4 is 23.4 Å². The first-order chi connectivity index (χ1) is 13.3. The Morgan fingerprint density at radius 1 is 1.07 bits per heavy atom. The van der Waals surface area contributed by atoms with Gasteiger partial charge in [-0.15, -0.1) is 0 Å². The summed E-state index contributed by atoms with van der Waals surface area (Å²) in [4.78, 5) is 40.3. The molecule has 1 aliphatic heterocycles. The summed E-state index contributed by atoms with van der Waals surface area (Å²) in [6, 6.07) is 7.31. The average molecular weight is 389 g/mol. The van der Waals surface area contributed by atoms with Crippen LogP contribution >= 0.6 is 0 Å². The molecule has 0 aliphatic carbocycles. The van der Waals surface area contributed by atoms with Crippen molar-refractivity contribution in [3.05, 3.63) is 29.8 Å².